The number of rotatable bonds is 10. The molecule has 3 N–H and O–H groups in total. The van der Waals surface area contributed by atoms with Crippen LogP contribution in [0, 0.1) is 29.7 Å². The molecule has 4 atom stereocenters. The maximum Gasteiger partial charge on any atom is 0.423 e. The van der Waals surface area contributed by atoms with Crippen molar-refractivity contribution in [2.45, 2.75) is 76.7 Å². The molecule has 12 nitrogen and oxygen atoms in total. The Morgan fingerprint density at radius 1 is 1.09 bits per heavy atom. The number of carbonyl (C=O) groups is 3. The molecule has 55 heavy (non-hydrogen) atoms. The number of benzene rings is 2. The molecule has 5 aromatic rings. The minimum Gasteiger partial charge on any atom is -0.459 e. The second kappa shape index (κ2) is 16.4. The number of allylic oxidation sites excluding steroid dienone is 1. The van der Waals surface area contributed by atoms with E-state index in [0.717, 1.165) is 29.7 Å². The third-order valence-electron chi connectivity index (χ3n) is 9.96. The minimum atomic E-state index is -0.795. The lowest BCUT2D eigenvalue weighted by Crippen LogP contribution is -2.45. The first-order valence-electron chi connectivity index (χ1n) is 18.3. The van der Waals surface area contributed by atoms with Crippen LogP contribution in [0.5, 0.6) is 5.88 Å². The van der Waals surface area contributed by atoms with Gasteiger partial charge in [-0.15, -0.1) is 0 Å². The molecular weight excluding hydrogens is 717 g/mol. The van der Waals surface area contributed by atoms with Crippen LogP contribution in [-0.2, 0) is 9.53 Å². The highest BCUT2D eigenvalue weighted by molar-refractivity contribution is 7.99. The van der Waals surface area contributed by atoms with E-state index in [9.17, 15) is 19.5 Å². The van der Waals surface area contributed by atoms with Crippen LogP contribution in [0.1, 0.15) is 71.2 Å². The number of ether oxygens (including phenoxy) is 2. The number of fused-ring (bicyclic) bond motifs is 1. The summed E-state index contributed by atoms with van der Waals surface area (Å²) in [5, 5.41) is 15.4. The molecule has 6 rings (SSSR count). The van der Waals surface area contributed by atoms with Gasteiger partial charge < -0.3 is 19.9 Å². The van der Waals surface area contributed by atoms with Crippen LogP contribution in [0.25, 0.3) is 21.9 Å². The number of aliphatic hydroxyl groups excluding tert-OH is 1. The summed E-state index contributed by atoms with van der Waals surface area (Å²) in [5.41, 5.74) is 1.58. The monoisotopic (exact) mass is 762 g/mol. The van der Waals surface area contributed by atoms with Gasteiger partial charge in [-0.05, 0) is 80.5 Å². The standard InChI is InChI=1S/C42H46N6O6S/c1-8-26-21-28(20-25(2)3)36(30(22-26)42(4,5)6)53-40(51)34-35(43-7)39(54-41(52)47-18-12-13-19-47)48-38(34)45-37(46-48)27-16-17-32(31(23-27)44-33(50)24-49)55-29-14-10-9-11-15-29/h9-20,23,26,28,30,36,49H,8,21-22,24H2,1-6H3,(H,44,50)(H,45,46). The molecule has 1 aliphatic rings. The largest absolute Gasteiger partial charge is 0.459 e. The Morgan fingerprint density at radius 3 is 2.45 bits per heavy atom. The topological polar surface area (TPSA) is 144 Å². The summed E-state index contributed by atoms with van der Waals surface area (Å²) in [6.07, 6.45) is 6.72. The molecular formula is C42H46N6O6S. The molecule has 286 valence electrons. The number of hydrogen-bond donors (Lipinski definition) is 3. The van der Waals surface area contributed by atoms with Crippen molar-refractivity contribution < 1.29 is 29.0 Å². The Labute approximate surface area is 324 Å². The summed E-state index contributed by atoms with van der Waals surface area (Å²) >= 11 is 1.43. The molecule has 13 heteroatoms. The van der Waals surface area contributed by atoms with Gasteiger partial charge in [0.1, 0.15) is 18.3 Å². The zero-order chi connectivity index (χ0) is 39.4. The fourth-order valence-corrected chi connectivity index (χ4v) is 8.18. The Kier molecular flexibility index (Phi) is 11.7. The van der Waals surface area contributed by atoms with Crippen LogP contribution in [0.2, 0.25) is 0 Å². The number of hydrogen-bond acceptors (Lipinski definition) is 8. The second-order valence-corrected chi connectivity index (χ2v) is 16.3. The van der Waals surface area contributed by atoms with Crippen molar-refractivity contribution in [2.75, 3.05) is 11.9 Å². The predicted octanol–water partition coefficient (Wildman–Crippen LogP) is 9.40. The van der Waals surface area contributed by atoms with E-state index >= 15 is 0 Å². The number of esters is 1. The Bertz CT molecular complexity index is 2260. The van der Waals surface area contributed by atoms with E-state index in [2.05, 4.69) is 49.0 Å². The summed E-state index contributed by atoms with van der Waals surface area (Å²) in [6.45, 7) is 20.2. The fourth-order valence-electron chi connectivity index (χ4n) is 7.28. The van der Waals surface area contributed by atoms with Crippen LogP contribution < -0.4 is 10.1 Å². The molecule has 1 amide bonds. The lowest BCUT2D eigenvalue weighted by Gasteiger charge is -2.46. The predicted molar refractivity (Wildman–Crippen MR) is 211 cm³/mol. The van der Waals surface area contributed by atoms with Gasteiger partial charge in [0.2, 0.25) is 11.8 Å². The third-order valence-corrected chi connectivity index (χ3v) is 11.0. The van der Waals surface area contributed by atoms with Crippen molar-refractivity contribution in [1.29, 1.82) is 0 Å². The Morgan fingerprint density at radius 2 is 1.82 bits per heavy atom. The number of nitrogens with zero attached hydrogens (tertiary/aromatic N) is 4. The van der Waals surface area contributed by atoms with E-state index in [1.54, 1.807) is 24.3 Å². The van der Waals surface area contributed by atoms with Gasteiger partial charge in [-0.25, -0.2) is 23.9 Å². The molecule has 0 spiro atoms. The van der Waals surface area contributed by atoms with Gasteiger partial charge in [-0.1, -0.05) is 75.7 Å². The number of aromatic amines is 1. The van der Waals surface area contributed by atoms with Gasteiger partial charge in [-0.2, -0.15) is 0 Å². The molecule has 2 aromatic carbocycles. The Balaban J connectivity index is 1.47. The molecule has 3 heterocycles. The lowest BCUT2D eigenvalue weighted by molar-refractivity contribution is -0.118. The van der Waals surface area contributed by atoms with E-state index in [1.807, 2.05) is 50.2 Å². The number of aromatic nitrogens is 4. The summed E-state index contributed by atoms with van der Waals surface area (Å²) < 4.78 is 14.8. The average molecular weight is 763 g/mol. The summed E-state index contributed by atoms with van der Waals surface area (Å²) in [7, 11) is 0. The molecule has 1 saturated carbocycles. The highest BCUT2D eigenvalue weighted by Crippen LogP contribution is 2.47. The Hall–Kier alpha value is -5.58. The molecule has 1 aliphatic carbocycles. The summed E-state index contributed by atoms with van der Waals surface area (Å²) in [5.74, 6) is -0.832. The first kappa shape index (κ1) is 39.1. The zero-order valence-electron chi connectivity index (χ0n) is 31.8. The minimum absolute atomic E-state index is 0.0332. The first-order chi connectivity index (χ1) is 26.3. The van der Waals surface area contributed by atoms with Crippen molar-refractivity contribution in [1.82, 2.24) is 19.2 Å². The average Bonchev–Trinajstić information content (AvgIpc) is 3.90. The van der Waals surface area contributed by atoms with Gasteiger partial charge in [0.15, 0.2) is 11.5 Å². The number of nitrogens with one attached hydrogen (secondary N) is 2. The van der Waals surface area contributed by atoms with Crippen LogP contribution in [0.3, 0.4) is 0 Å². The molecule has 0 bridgehead atoms. The maximum atomic E-state index is 14.6. The number of aliphatic hydroxyl groups is 1. The molecule has 0 radical (unpaired) electrons. The van der Waals surface area contributed by atoms with E-state index in [-0.39, 0.29) is 45.9 Å². The zero-order valence-corrected chi connectivity index (χ0v) is 32.6. The highest BCUT2D eigenvalue weighted by Gasteiger charge is 2.45. The van der Waals surface area contributed by atoms with E-state index in [1.165, 1.54) is 33.2 Å². The van der Waals surface area contributed by atoms with Crippen molar-refractivity contribution in [3.8, 4) is 17.3 Å². The van der Waals surface area contributed by atoms with E-state index in [4.69, 9.17) is 21.0 Å². The number of amides is 1. The van der Waals surface area contributed by atoms with Crippen LogP contribution in [-0.4, -0.2) is 55.0 Å². The summed E-state index contributed by atoms with van der Waals surface area (Å²) in [6, 6.07) is 18.3. The van der Waals surface area contributed by atoms with Crippen molar-refractivity contribution in [3.05, 3.63) is 102 Å². The lowest BCUT2D eigenvalue weighted by atomic mass is 9.63. The van der Waals surface area contributed by atoms with Crippen molar-refractivity contribution in [2.24, 2.45) is 23.2 Å². The van der Waals surface area contributed by atoms with Gasteiger partial charge in [0.25, 0.3) is 5.69 Å². The quantitative estimate of drug-likeness (QED) is 0.0726. The maximum absolute atomic E-state index is 14.6. The SMILES string of the molecule is [C-]#[N+]c1c(C(=O)OC2C(C=C(C)C)CC(CC)CC2C(C)(C)C)c2nc(-c3ccc(Sc4ccccc4)c(NC(=O)CO)c3)[nH]n2c1OC(=O)n1cccc1. The van der Waals surface area contributed by atoms with Crippen LogP contribution >= 0.6 is 11.8 Å². The second-order valence-electron chi connectivity index (χ2n) is 15.2. The van der Waals surface area contributed by atoms with Gasteiger partial charge in [0.05, 0.1) is 12.3 Å². The molecule has 0 aliphatic heterocycles. The van der Waals surface area contributed by atoms with Crippen molar-refractivity contribution >= 4 is 46.8 Å². The third kappa shape index (κ3) is 8.56. The van der Waals surface area contributed by atoms with Crippen LogP contribution in [0.4, 0.5) is 16.2 Å². The molecule has 4 unspecified atom stereocenters. The van der Waals surface area contributed by atoms with Gasteiger partial charge >= 0.3 is 12.1 Å². The van der Waals surface area contributed by atoms with Gasteiger partial charge in [0, 0.05) is 39.6 Å². The number of carbonyl (C=O) groups excluding carboxylic acids is 3. The van der Waals surface area contributed by atoms with Crippen molar-refractivity contribution in [3.63, 3.8) is 0 Å². The number of H-pyrrole nitrogens is 1. The number of anilines is 1. The van der Waals surface area contributed by atoms with E-state index in [0.29, 0.717) is 22.1 Å². The normalized spacial score (nSPS) is 18.4. The first-order valence-corrected chi connectivity index (χ1v) is 19.1. The molecule has 3 aromatic heterocycles. The van der Waals surface area contributed by atoms with Crippen LogP contribution in [0.15, 0.2) is 94.5 Å². The smallest absolute Gasteiger partial charge is 0.423 e. The molecule has 1 fully saturated rings. The molecule has 0 saturated heterocycles. The summed E-state index contributed by atoms with van der Waals surface area (Å²) in [4.78, 5) is 50.4. The fraction of sp³-hybridized carbons (Fsp3) is 0.357. The van der Waals surface area contributed by atoms with E-state index < -0.39 is 30.7 Å². The highest BCUT2D eigenvalue weighted by atomic mass is 32.2. The van der Waals surface area contributed by atoms with Gasteiger partial charge in [-0.3, -0.25) is 14.5 Å².